The fraction of sp³-hybridized carbons (Fsp3) is 0.522. The molecule has 2 aromatic rings. The summed E-state index contributed by atoms with van der Waals surface area (Å²) >= 11 is 12.5. The summed E-state index contributed by atoms with van der Waals surface area (Å²) in [5.74, 6) is -2.98. The molecule has 0 saturated heterocycles. The highest BCUT2D eigenvalue weighted by molar-refractivity contribution is 6.44. The zero-order valence-electron chi connectivity index (χ0n) is 18.4. The topological polar surface area (TPSA) is 118 Å². The van der Waals surface area contributed by atoms with Crippen molar-refractivity contribution in [1.29, 1.82) is 0 Å². The zero-order chi connectivity index (χ0) is 25.0. The molecule has 186 valence electrons. The number of benzene rings is 1. The third-order valence-electron chi connectivity index (χ3n) is 7.51. The predicted molar refractivity (Wildman–Crippen MR) is 122 cm³/mol. The first-order valence-electron chi connectivity index (χ1n) is 11.3. The van der Waals surface area contributed by atoms with E-state index < -0.39 is 46.8 Å². The van der Waals surface area contributed by atoms with E-state index in [0.717, 1.165) is 12.5 Å². The van der Waals surface area contributed by atoms with Gasteiger partial charge in [-0.25, -0.2) is 13.8 Å². The molecular formula is C23H22Cl2F2N4O4. The largest absolute Gasteiger partial charge is 0.420 e. The average molecular weight is 527 g/mol. The molecule has 35 heavy (non-hydrogen) atoms. The second-order valence-electron chi connectivity index (χ2n) is 9.68. The van der Waals surface area contributed by atoms with Crippen LogP contribution in [0.4, 0.5) is 8.78 Å². The number of carbonyl (C=O) groups excluding carboxylic acids is 2. The molecule has 5 rings (SSSR count). The molecule has 0 unspecified atom stereocenters. The molecular weight excluding hydrogens is 505 g/mol. The van der Waals surface area contributed by atoms with Crippen LogP contribution in [-0.4, -0.2) is 50.6 Å². The van der Waals surface area contributed by atoms with Crippen LogP contribution < -0.4 is 5.32 Å². The number of amides is 2. The molecule has 1 aromatic heterocycles. The standard InChI is InChI=1S/C23H22Cl2F2N4O4/c24-12-1-2-13(26)16(17(12)25)18(22-3-5-23(27,9-22)6-4-22)30-19(33)11-7-14(15(32)8-11)29-20(34)21-31-28-10-35-21/h1-2,10-11,14-15,32H,3-9H2,(H,29,34)/t11-,14-,15+,22?,23?/m0/s1. The SMILES string of the molecule is O=C(N[C@H]1C[C@H](C(=O)N=C(c2c(F)ccc(Cl)c2Cl)C23CCC(F)(CC2)C3)C[C@H]1O)c1nnco1. The highest BCUT2D eigenvalue weighted by atomic mass is 35.5. The minimum absolute atomic E-state index is 0.0379. The second-order valence-corrected chi connectivity index (χ2v) is 10.5. The molecule has 0 spiro atoms. The van der Waals surface area contributed by atoms with E-state index >= 15 is 8.78 Å². The minimum Gasteiger partial charge on any atom is -0.420 e. The first kappa shape index (κ1) is 24.3. The number of hydrogen-bond donors (Lipinski definition) is 2. The van der Waals surface area contributed by atoms with Crippen LogP contribution in [0.5, 0.6) is 0 Å². The molecule has 8 nitrogen and oxygen atoms in total. The number of halogens is 4. The Kier molecular flexibility index (Phi) is 6.17. The van der Waals surface area contributed by atoms with Crippen molar-refractivity contribution in [2.45, 2.75) is 62.8 Å². The number of aliphatic imine (C=N–C) groups is 1. The summed E-state index contributed by atoms with van der Waals surface area (Å²) in [4.78, 5) is 29.8. The highest BCUT2D eigenvalue weighted by Gasteiger charge is 2.58. The van der Waals surface area contributed by atoms with E-state index in [2.05, 4.69) is 20.5 Å². The number of alkyl halides is 1. The number of aliphatic hydroxyl groups excluding tert-OH is 1. The fourth-order valence-corrected chi connectivity index (χ4v) is 6.12. The van der Waals surface area contributed by atoms with Gasteiger partial charge in [0.1, 0.15) is 11.5 Å². The number of aromatic nitrogens is 2. The van der Waals surface area contributed by atoms with Gasteiger partial charge in [0.15, 0.2) is 0 Å². The van der Waals surface area contributed by atoms with Crippen LogP contribution in [0, 0.1) is 17.2 Å². The van der Waals surface area contributed by atoms with Crippen LogP contribution in [0.1, 0.15) is 61.2 Å². The molecule has 2 bridgehead atoms. The minimum atomic E-state index is -1.38. The smallest absolute Gasteiger partial charge is 0.309 e. The quantitative estimate of drug-likeness (QED) is 0.447. The number of carbonyl (C=O) groups is 2. The van der Waals surface area contributed by atoms with Gasteiger partial charge in [-0.05, 0) is 57.1 Å². The number of nitrogens with one attached hydrogen (secondary N) is 1. The Morgan fingerprint density at radius 3 is 2.57 bits per heavy atom. The van der Waals surface area contributed by atoms with Gasteiger partial charge >= 0.3 is 11.8 Å². The van der Waals surface area contributed by atoms with E-state index in [1.54, 1.807) is 0 Å². The van der Waals surface area contributed by atoms with Gasteiger partial charge in [-0.3, -0.25) is 9.59 Å². The lowest BCUT2D eigenvalue weighted by atomic mass is 9.76. The Bertz CT molecular complexity index is 1200. The molecule has 1 aromatic carbocycles. The number of rotatable bonds is 5. The lowest BCUT2D eigenvalue weighted by molar-refractivity contribution is -0.121. The number of nitrogens with zero attached hydrogens (tertiary/aromatic N) is 3. The van der Waals surface area contributed by atoms with E-state index in [0.29, 0.717) is 25.7 Å². The Balaban J connectivity index is 1.44. The van der Waals surface area contributed by atoms with E-state index in [1.165, 1.54) is 6.07 Å². The van der Waals surface area contributed by atoms with Gasteiger partial charge in [0, 0.05) is 11.3 Å². The summed E-state index contributed by atoms with van der Waals surface area (Å²) in [6.07, 6.45) is 1.67. The maximum Gasteiger partial charge on any atom is 0.309 e. The molecule has 2 amide bonds. The van der Waals surface area contributed by atoms with E-state index in [4.69, 9.17) is 27.6 Å². The second kappa shape index (κ2) is 8.90. The Morgan fingerprint density at radius 2 is 1.94 bits per heavy atom. The highest BCUT2D eigenvalue weighted by Crippen LogP contribution is 2.60. The van der Waals surface area contributed by atoms with Crippen LogP contribution in [-0.2, 0) is 4.79 Å². The lowest BCUT2D eigenvalue weighted by Gasteiger charge is -2.29. The van der Waals surface area contributed by atoms with Crippen molar-refractivity contribution < 1.29 is 27.9 Å². The van der Waals surface area contributed by atoms with Crippen molar-refractivity contribution in [3.05, 3.63) is 45.8 Å². The van der Waals surface area contributed by atoms with Gasteiger partial charge in [0.25, 0.3) is 0 Å². The molecule has 12 heteroatoms. The van der Waals surface area contributed by atoms with Gasteiger partial charge in [-0.1, -0.05) is 23.2 Å². The molecule has 3 saturated carbocycles. The van der Waals surface area contributed by atoms with Crippen LogP contribution >= 0.6 is 23.2 Å². The first-order valence-corrected chi connectivity index (χ1v) is 12.1. The van der Waals surface area contributed by atoms with E-state index in [1.807, 2.05) is 0 Å². The summed E-state index contributed by atoms with van der Waals surface area (Å²) in [5, 5.41) is 20.0. The third kappa shape index (κ3) is 4.36. The van der Waals surface area contributed by atoms with Crippen molar-refractivity contribution in [3.8, 4) is 0 Å². The van der Waals surface area contributed by atoms with E-state index in [9.17, 15) is 14.7 Å². The summed E-state index contributed by atoms with van der Waals surface area (Å²) in [6, 6.07) is 1.71. The normalized spacial score (nSPS) is 32.3. The van der Waals surface area contributed by atoms with Crippen molar-refractivity contribution in [2.24, 2.45) is 16.3 Å². The number of fused-ring (bicyclic) bond motifs is 2. The van der Waals surface area contributed by atoms with Crippen molar-refractivity contribution in [1.82, 2.24) is 15.5 Å². The van der Waals surface area contributed by atoms with Gasteiger partial charge < -0.3 is 14.8 Å². The molecule has 1 heterocycles. The lowest BCUT2D eigenvalue weighted by Crippen LogP contribution is -2.40. The summed E-state index contributed by atoms with van der Waals surface area (Å²) in [5.41, 5.74) is -2.18. The van der Waals surface area contributed by atoms with Crippen LogP contribution in [0.3, 0.4) is 0 Å². The summed E-state index contributed by atoms with van der Waals surface area (Å²) in [7, 11) is 0. The van der Waals surface area contributed by atoms with Crippen LogP contribution in [0.2, 0.25) is 10.0 Å². The Morgan fingerprint density at radius 1 is 1.20 bits per heavy atom. The van der Waals surface area contributed by atoms with Gasteiger partial charge in [-0.2, -0.15) is 0 Å². The molecule has 3 aliphatic rings. The molecule has 3 aliphatic carbocycles. The first-order chi connectivity index (χ1) is 16.6. The number of aliphatic hydroxyl groups is 1. The monoisotopic (exact) mass is 526 g/mol. The molecule has 3 atom stereocenters. The molecule has 0 radical (unpaired) electrons. The maximum atomic E-state index is 15.1. The van der Waals surface area contributed by atoms with Crippen molar-refractivity contribution in [3.63, 3.8) is 0 Å². The molecule has 0 aliphatic heterocycles. The predicted octanol–water partition coefficient (Wildman–Crippen LogP) is 4.07. The van der Waals surface area contributed by atoms with Crippen LogP contribution in [0.25, 0.3) is 0 Å². The average Bonchev–Trinajstić information content (AvgIpc) is 3.60. The Hall–Kier alpha value is -2.43. The molecule has 2 N–H and O–H groups in total. The van der Waals surface area contributed by atoms with Crippen molar-refractivity contribution in [2.75, 3.05) is 0 Å². The zero-order valence-corrected chi connectivity index (χ0v) is 20.0. The van der Waals surface area contributed by atoms with Gasteiger partial charge in [-0.15, -0.1) is 10.2 Å². The third-order valence-corrected chi connectivity index (χ3v) is 8.32. The maximum absolute atomic E-state index is 15.1. The summed E-state index contributed by atoms with van der Waals surface area (Å²) < 4.78 is 35.0. The Labute approximate surface area is 209 Å². The van der Waals surface area contributed by atoms with Gasteiger partial charge in [0.2, 0.25) is 12.3 Å². The summed E-state index contributed by atoms with van der Waals surface area (Å²) in [6.45, 7) is 0. The fourth-order valence-electron chi connectivity index (χ4n) is 5.72. The van der Waals surface area contributed by atoms with Gasteiger partial charge in [0.05, 0.1) is 33.5 Å². The van der Waals surface area contributed by atoms with Crippen LogP contribution in [0.15, 0.2) is 27.9 Å². The van der Waals surface area contributed by atoms with E-state index in [-0.39, 0.29) is 46.5 Å². The van der Waals surface area contributed by atoms with Crippen molar-refractivity contribution >= 4 is 40.7 Å². The molecule has 3 fully saturated rings. The number of hydrogen-bond acceptors (Lipinski definition) is 6.